The van der Waals surface area contributed by atoms with Crippen LogP contribution < -0.4 is 15.4 Å². The Hall–Kier alpha value is -4.01. The minimum absolute atomic E-state index is 0.0834. The van der Waals surface area contributed by atoms with Gasteiger partial charge in [-0.25, -0.2) is 4.79 Å². The van der Waals surface area contributed by atoms with Crippen molar-refractivity contribution in [3.63, 3.8) is 0 Å². The van der Waals surface area contributed by atoms with Crippen molar-refractivity contribution in [1.82, 2.24) is 10.2 Å². The Morgan fingerprint density at radius 1 is 1.00 bits per heavy atom. The Morgan fingerprint density at radius 2 is 1.70 bits per heavy atom. The first kappa shape index (κ1) is 18.0. The lowest BCUT2D eigenvalue weighted by Gasteiger charge is -2.52. The molecule has 2 aromatic rings. The molecule has 9 nitrogen and oxygen atoms in total. The lowest BCUT2D eigenvalue weighted by molar-refractivity contribution is -0.158. The normalized spacial score (nSPS) is 24.1. The Bertz CT molecular complexity index is 1140. The molecule has 0 atom stereocenters. The van der Waals surface area contributed by atoms with Gasteiger partial charge in [0.25, 0.3) is 17.7 Å². The molecular weight excluding hydrogens is 390 g/mol. The van der Waals surface area contributed by atoms with Gasteiger partial charge in [-0.05, 0) is 43.2 Å². The quantitative estimate of drug-likeness (QED) is 0.750. The Kier molecular flexibility index (Phi) is 3.76. The highest BCUT2D eigenvalue weighted by Crippen LogP contribution is 2.48. The van der Waals surface area contributed by atoms with E-state index >= 15 is 0 Å². The highest BCUT2D eigenvalue weighted by Gasteiger charge is 2.65. The van der Waals surface area contributed by atoms with Gasteiger partial charge in [-0.1, -0.05) is 18.2 Å². The predicted molar refractivity (Wildman–Crippen MR) is 102 cm³/mol. The number of piperidine rings is 2. The SMILES string of the molecule is O=C(Nc1ccc2c(c1)C(=O)N(C13CC(C1)C(=O)NC3=O)C2=O)Oc1ccccc1. The van der Waals surface area contributed by atoms with Crippen LogP contribution in [-0.2, 0) is 9.59 Å². The smallest absolute Gasteiger partial charge is 0.410 e. The second-order valence-electron chi connectivity index (χ2n) is 7.49. The fraction of sp³-hybridized carbons (Fsp3) is 0.190. The Morgan fingerprint density at radius 3 is 2.40 bits per heavy atom. The summed E-state index contributed by atoms with van der Waals surface area (Å²) < 4.78 is 5.15. The summed E-state index contributed by atoms with van der Waals surface area (Å²) in [6, 6.07) is 12.7. The zero-order valence-corrected chi connectivity index (χ0v) is 15.5. The average molecular weight is 405 g/mol. The second kappa shape index (κ2) is 6.24. The summed E-state index contributed by atoms with van der Waals surface area (Å²) >= 11 is 0. The van der Waals surface area contributed by atoms with Crippen LogP contribution in [0, 0.1) is 5.92 Å². The zero-order valence-electron chi connectivity index (χ0n) is 15.5. The summed E-state index contributed by atoms with van der Waals surface area (Å²) in [6.45, 7) is 0. The summed E-state index contributed by atoms with van der Waals surface area (Å²) in [5.74, 6) is -2.24. The van der Waals surface area contributed by atoms with Crippen LogP contribution in [0.15, 0.2) is 48.5 Å². The van der Waals surface area contributed by atoms with Gasteiger partial charge in [-0.15, -0.1) is 0 Å². The minimum Gasteiger partial charge on any atom is -0.410 e. The number of amides is 5. The molecule has 2 N–H and O–H groups in total. The summed E-state index contributed by atoms with van der Waals surface area (Å²) in [7, 11) is 0. The molecule has 4 aliphatic rings. The number of carbonyl (C=O) groups is 5. The summed E-state index contributed by atoms with van der Waals surface area (Å²) in [6.07, 6.45) is -0.477. The van der Waals surface area contributed by atoms with Crippen LogP contribution in [0.3, 0.4) is 0 Å². The van der Waals surface area contributed by atoms with E-state index in [1.807, 2.05) is 0 Å². The minimum atomic E-state index is -1.33. The first-order valence-corrected chi connectivity index (χ1v) is 9.31. The first-order chi connectivity index (χ1) is 14.4. The second-order valence-corrected chi connectivity index (χ2v) is 7.49. The molecule has 6 rings (SSSR count). The summed E-state index contributed by atoms with van der Waals surface area (Å²) in [4.78, 5) is 63.0. The molecule has 3 aliphatic heterocycles. The van der Waals surface area contributed by atoms with E-state index in [2.05, 4.69) is 10.6 Å². The monoisotopic (exact) mass is 405 g/mol. The molecule has 2 saturated heterocycles. The van der Waals surface area contributed by atoms with Gasteiger partial charge < -0.3 is 4.74 Å². The molecule has 150 valence electrons. The number of imide groups is 2. The van der Waals surface area contributed by atoms with E-state index in [1.54, 1.807) is 30.3 Å². The van der Waals surface area contributed by atoms with E-state index < -0.39 is 29.4 Å². The number of nitrogens with zero attached hydrogens (tertiary/aromatic N) is 1. The van der Waals surface area contributed by atoms with E-state index in [0.29, 0.717) is 5.75 Å². The average Bonchev–Trinajstić information content (AvgIpc) is 2.92. The molecule has 0 unspecified atom stereocenters. The van der Waals surface area contributed by atoms with Crippen LogP contribution in [0.4, 0.5) is 10.5 Å². The van der Waals surface area contributed by atoms with E-state index in [4.69, 9.17) is 4.74 Å². The van der Waals surface area contributed by atoms with Crippen LogP contribution >= 0.6 is 0 Å². The predicted octanol–water partition coefficient (Wildman–Crippen LogP) is 1.70. The fourth-order valence-electron chi connectivity index (χ4n) is 4.19. The van der Waals surface area contributed by atoms with Crippen LogP contribution in [0.2, 0.25) is 0 Å². The van der Waals surface area contributed by atoms with E-state index in [0.717, 1.165) is 4.90 Å². The molecule has 3 heterocycles. The van der Waals surface area contributed by atoms with Crippen molar-refractivity contribution >= 4 is 35.4 Å². The van der Waals surface area contributed by atoms with Crippen molar-refractivity contribution < 1.29 is 28.7 Å². The molecule has 9 heteroatoms. The number of anilines is 1. The first-order valence-electron chi connectivity index (χ1n) is 9.31. The molecule has 2 aromatic carbocycles. The topological polar surface area (TPSA) is 122 Å². The maximum atomic E-state index is 13.0. The molecule has 2 bridgehead atoms. The van der Waals surface area contributed by atoms with Crippen molar-refractivity contribution in [2.45, 2.75) is 18.4 Å². The number of hydrogen-bond donors (Lipinski definition) is 2. The van der Waals surface area contributed by atoms with Gasteiger partial charge in [-0.3, -0.25) is 34.7 Å². The molecule has 30 heavy (non-hydrogen) atoms. The molecule has 5 amide bonds. The lowest BCUT2D eigenvalue weighted by atomic mass is 9.63. The highest BCUT2D eigenvalue weighted by atomic mass is 16.6. The van der Waals surface area contributed by atoms with Gasteiger partial charge in [0.05, 0.1) is 11.1 Å². The largest absolute Gasteiger partial charge is 0.417 e. The van der Waals surface area contributed by atoms with Crippen LogP contribution in [0.5, 0.6) is 5.75 Å². The number of nitrogens with one attached hydrogen (secondary N) is 2. The molecule has 0 spiro atoms. The highest BCUT2D eigenvalue weighted by molar-refractivity contribution is 6.25. The maximum Gasteiger partial charge on any atom is 0.417 e. The third-order valence-corrected chi connectivity index (χ3v) is 5.71. The van der Waals surface area contributed by atoms with Gasteiger partial charge in [0.1, 0.15) is 11.3 Å². The van der Waals surface area contributed by atoms with E-state index in [9.17, 15) is 24.0 Å². The van der Waals surface area contributed by atoms with Crippen LogP contribution in [0.25, 0.3) is 0 Å². The molecule has 3 fully saturated rings. The van der Waals surface area contributed by atoms with Crippen LogP contribution in [-0.4, -0.2) is 40.2 Å². The van der Waals surface area contributed by atoms with Gasteiger partial charge in [0, 0.05) is 11.6 Å². The van der Waals surface area contributed by atoms with Crippen molar-refractivity contribution in [1.29, 1.82) is 0 Å². The van der Waals surface area contributed by atoms with Crippen molar-refractivity contribution in [3.8, 4) is 5.75 Å². The molecular formula is C21H15N3O6. The van der Waals surface area contributed by atoms with Gasteiger partial charge in [0.2, 0.25) is 5.91 Å². The third-order valence-electron chi connectivity index (χ3n) is 5.71. The number of fused-ring (bicyclic) bond motifs is 3. The van der Waals surface area contributed by atoms with E-state index in [-0.39, 0.29) is 41.5 Å². The van der Waals surface area contributed by atoms with Gasteiger partial charge in [0.15, 0.2) is 0 Å². The molecule has 0 aromatic heterocycles. The number of para-hydroxylation sites is 1. The van der Waals surface area contributed by atoms with Crippen molar-refractivity contribution in [2.24, 2.45) is 5.92 Å². The fourth-order valence-corrected chi connectivity index (χ4v) is 4.19. The number of rotatable bonds is 3. The number of hydrogen-bond acceptors (Lipinski definition) is 6. The standard InChI is InChI=1S/C21H15N3O6/c25-16-11-9-21(10-11,19(28)23-16)24-17(26)14-7-6-12(8-15(14)18(24)27)22-20(29)30-13-4-2-1-3-5-13/h1-8,11H,9-10H2,(H,22,29)(H,23,25,28). The van der Waals surface area contributed by atoms with Crippen molar-refractivity contribution in [3.05, 3.63) is 59.7 Å². The molecule has 0 radical (unpaired) electrons. The van der Waals surface area contributed by atoms with Gasteiger partial charge in [-0.2, -0.15) is 0 Å². The molecule has 1 saturated carbocycles. The third kappa shape index (κ3) is 2.52. The molecule has 1 aliphatic carbocycles. The van der Waals surface area contributed by atoms with Crippen LogP contribution in [0.1, 0.15) is 33.6 Å². The Balaban J connectivity index is 1.37. The summed E-state index contributed by atoms with van der Waals surface area (Å²) in [5.41, 5.74) is -0.833. The van der Waals surface area contributed by atoms with E-state index in [1.165, 1.54) is 18.2 Å². The van der Waals surface area contributed by atoms with Gasteiger partial charge >= 0.3 is 6.09 Å². The Labute approximate surface area is 170 Å². The number of carbonyl (C=O) groups excluding carboxylic acids is 5. The maximum absolute atomic E-state index is 13.0. The summed E-state index contributed by atoms with van der Waals surface area (Å²) in [5, 5.41) is 4.74. The zero-order chi connectivity index (χ0) is 21.0. The number of ether oxygens (including phenoxy) is 1. The van der Waals surface area contributed by atoms with Crippen molar-refractivity contribution in [2.75, 3.05) is 5.32 Å². The number of benzene rings is 2. The lowest BCUT2D eigenvalue weighted by Crippen LogP contribution is -2.74.